The fourth-order valence-corrected chi connectivity index (χ4v) is 5.62. The van der Waals surface area contributed by atoms with Crippen LogP contribution in [0.25, 0.3) is 27.6 Å². The third-order valence-electron chi connectivity index (χ3n) is 6.22. The molecule has 4 nitrogen and oxygen atoms in total. The second-order valence-corrected chi connectivity index (χ2v) is 9.32. The Morgan fingerprint density at radius 2 is 1.77 bits per heavy atom. The summed E-state index contributed by atoms with van der Waals surface area (Å²) in [6, 6.07) is 17.9. The topological polar surface area (TPSA) is 50.7 Å². The van der Waals surface area contributed by atoms with Gasteiger partial charge in [0.2, 0.25) is 0 Å². The van der Waals surface area contributed by atoms with E-state index in [0.29, 0.717) is 5.52 Å². The number of hydrogen-bond acceptors (Lipinski definition) is 3. The molecule has 0 atom stereocenters. The Morgan fingerprint density at radius 3 is 2.60 bits per heavy atom. The molecule has 0 unspecified atom stereocenters. The highest BCUT2D eigenvalue weighted by Crippen LogP contribution is 2.30. The molecule has 30 heavy (non-hydrogen) atoms. The van der Waals surface area contributed by atoms with Crippen LogP contribution in [0.5, 0.6) is 0 Å². The minimum Gasteiger partial charge on any atom is -0.349 e. The number of nitrogens with one attached hydrogen (secondary N) is 1. The van der Waals surface area contributed by atoms with Gasteiger partial charge in [0.05, 0.1) is 5.69 Å². The minimum absolute atomic E-state index is 0.0304. The molecule has 2 aromatic heterocycles. The van der Waals surface area contributed by atoms with Gasteiger partial charge in [0, 0.05) is 16.7 Å². The lowest BCUT2D eigenvalue weighted by Gasteiger charge is -2.21. The summed E-state index contributed by atoms with van der Waals surface area (Å²) < 4.78 is 1.77. The van der Waals surface area contributed by atoms with E-state index in [9.17, 15) is 4.79 Å². The first kappa shape index (κ1) is 19.4. The van der Waals surface area contributed by atoms with Gasteiger partial charge in [-0.2, -0.15) is 0 Å². The number of aromatic amines is 1. The highest BCUT2D eigenvalue weighted by Gasteiger charge is 2.17. The number of rotatable bonds is 6. The molecule has 1 saturated carbocycles. The first-order chi connectivity index (χ1) is 14.8. The Labute approximate surface area is 180 Å². The summed E-state index contributed by atoms with van der Waals surface area (Å²) in [5.41, 5.74) is 3.14. The molecule has 1 aliphatic rings. The largest absolute Gasteiger partial charge is 0.349 e. The van der Waals surface area contributed by atoms with Gasteiger partial charge in [-0.25, -0.2) is 4.98 Å². The third-order valence-corrected chi connectivity index (χ3v) is 7.25. The van der Waals surface area contributed by atoms with Crippen molar-refractivity contribution in [1.82, 2.24) is 14.5 Å². The summed E-state index contributed by atoms with van der Waals surface area (Å²) in [4.78, 5) is 21.7. The van der Waals surface area contributed by atoms with Crippen LogP contribution in [0.15, 0.2) is 64.5 Å². The molecule has 0 saturated heterocycles. The highest BCUT2D eigenvalue weighted by atomic mass is 32.2. The van der Waals surface area contributed by atoms with Crippen LogP contribution in [0.1, 0.15) is 44.9 Å². The van der Waals surface area contributed by atoms with Crippen molar-refractivity contribution in [1.29, 1.82) is 0 Å². The summed E-state index contributed by atoms with van der Waals surface area (Å²) in [6.45, 7) is 0. The molecule has 1 N–H and O–H groups in total. The number of H-pyrrole nitrogens is 1. The van der Waals surface area contributed by atoms with Gasteiger partial charge in [-0.3, -0.25) is 9.36 Å². The molecule has 2 aromatic carbocycles. The molecule has 0 spiro atoms. The molecule has 0 aliphatic heterocycles. The molecule has 154 valence electrons. The lowest BCUT2D eigenvalue weighted by Crippen LogP contribution is -2.21. The molecule has 1 aliphatic carbocycles. The monoisotopic (exact) mass is 417 g/mol. The van der Waals surface area contributed by atoms with E-state index >= 15 is 0 Å². The normalized spacial score (nSPS) is 15.2. The summed E-state index contributed by atoms with van der Waals surface area (Å²) >= 11 is 1.71. The molecule has 4 aromatic rings. The number of thioether (sulfide) groups is 1. The van der Waals surface area contributed by atoms with Crippen molar-refractivity contribution < 1.29 is 0 Å². The van der Waals surface area contributed by atoms with E-state index < -0.39 is 0 Å². The Morgan fingerprint density at radius 1 is 1.00 bits per heavy atom. The van der Waals surface area contributed by atoms with E-state index in [1.807, 2.05) is 54.6 Å². The lowest BCUT2D eigenvalue weighted by atomic mass is 9.86. The van der Waals surface area contributed by atoms with E-state index in [2.05, 4.69) is 4.98 Å². The van der Waals surface area contributed by atoms with Crippen LogP contribution in [0.4, 0.5) is 0 Å². The quantitative estimate of drug-likeness (QED) is 0.227. The minimum atomic E-state index is -0.0304. The van der Waals surface area contributed by atoms with Gasteiger partial charge in [-0.15, -0.1) is 0 Å². The third kappa shape index (κ3) is 3.79. The van der Waals surface area contributed by atoms with Gasteiger partial charge in [0.15, 0.2) is 5.16 Å². The summed E-state index contributed by atoms with van der Waals surface area (Å²) in [6.07, 6.45) is 9.43. The van der Waals surface area contributed by atoms with E-state index in [1.165, 1.54) is 44.9 Å². The van der Waals surface area contributed by atoms with Crippen molar-refractivity contribution in [2.75, 3.05) is 5.75 Å². The fraction of sp³-hybridized carbons (Fsp3) is 0.360. The van der Waals surface area contributed by atoms with Gasteiger partial charge >= 0.3 is 0 Å². The van der Waals surface area contributed by atoms with Crippen LogP contribution in [0.3, 0.4) is 0 Å². The Kier molecular flexibility index (Phi) is 5.63. The van der Waals surface area contributed by atoms with E-state index in [1.54, 1.807) is 16.3 Å². The van der Waals surface area contributed by atoms with Crippen LogP contribution >= 0.6 is 11.8 Å². The number of hydrogen-bond donors (Lipinski definition) is 1. The van der Waals surface area contributed by atoms with E-state index in [4.69, 9.17) is 4.98 Å². The molecular formula is C25H27N3OS. The molecule has 0 radical (unpaired) electrons. The van der Waals surface area contributed by atoms with Gasteiger partial charge < -0.3 is 4.98 Å². The van der Waals surface area contributed by atoms with Gasteiger partial charge in [-0.1, -0.05) is 80.3 Å². The Balaban J connectivity index is 1.49. The van der Waals surface area contributed by atoms with E-state index in [0.717, 1.165) is 38.9 Å². The van der Waals surface area contributed by atoms with Gasteiger partial charge in [-0.05, 0) is 37.0 Å². The van der Waals surface area contributed by atoms with E-state index in [-0.39, 0.29) is 5.56 Å². The molecular weight excluding hydrogens is 390 g/mol. The van der Waals surface area contributed by atoms with Crippen LogP contribution in [-0.4, -0.2) is 20.3 Å². The first-order valence-corrected chi connectivity index (χ1v) is 12.0. The predicted octanol–water partition coefficient (Wildman–Crippen LogP) is 6.32. The second kappa shape index (κ2) is 8.68. The molecule has 0 bridgehead atoms. The number of aromatic nitrogens is 3. The first-order valence-electron chi connectivity index (χ1n) is 11.0. The number of para-hydroxylation sites is 2. The second-order valence-electron chi connectivity index (χ2n) is 8.26. The zero-order valence-electron chi connectivity index (χ0n) is 17.1. The summed E-state index contributed by atoms with van der Waals surface area (Å²) in [5.74, 6) is 1.88. The summed E-state index contributed by atoms with van der Waals surface area (Å²) in [7, 11) is 0. The van der Waals surface area contributed by atoms with Gasteiger partial charge in [0.1, 0.15) is 11.0 Å². The van der Waals surface area contributed by atoms with Crippen molar-refractivity contribution in [3.05, 3.63) is 65.0 Å². The smallest absolute Gasteiger partial charge is 0.283 e. The Hall–Kier alpha value is -2.53. The molecule has 5 heteroatoms. The van der Waals surface area contributed by atoms with Crippen molar-refractivity contribution in [2.45, 2.75) is 50.1 Å². The van der Waals surface area contributed by atoms with Crippen LogP contribution in [0, 0.1) is 5.92 Å². The zero-order valence-corrected chi connectivity index (χ0v) is 18.0. The van der Waals surface area contributed by atoms with Crippen LogP contribution in [-0.2, 0) is 0 Å². The maximum atomic E-state index is 13.5. The van der Waals surface area contributed by atoms with Gasteiger partial charge in [0.25, 0.3) is 5.56 Å². The maximum absolute atomic E-state index is 13.5. The number of nitrogens with zero attached hydrogens (tertiary/aromatic N) is 2. The summed E-state index contributed by atoms with van der Waals surface area (Å²) in [5, 5.41) is 1.79. The predicted molar refractivity (Wildman–Crippen MR) is 126 cm³/mol. The maximum Gasteiger partial charge on any atom is 0.283 e. The lowest BCUT2D eigenvalue weighted by molar-refractivity contribution is 0.337. The Bertz CT molecular complexity index is 1210. The average Bonchev–Trinajstić information content (AvgIpc) is 3.17. The highest BCUT2D eigenvalue weighted by molar-refractivity contribution is 7.99. The number of benzene rings is 2. The van der Waals surface area contributed by atoms with Crippen molar-refractivity contribution in [3.8, 4) is 5.69 Å². The fourth-order valence-electron chi connectivity index (χ4n) is 4.66. The van der Waals surface area contributed by atoms with Crippen molar-refractivity contribution in [2.24, 2.45) is 5.92 Å². The van der Waals surface area contributed by atoms with Crippen LogP contribution in [0.2, 0.25) is 0 Å². The van der Waals surface area contributed by atoms with Crippen LogP contribution < -0.4 is 5.56 Å². The molecule has 5 rings (SSSR count). The standard InChI is InChI=1S/C25H27N3OS/c29-24-23-22(20-15-7-8-16-21(20)26-23)27-25(28(24)19-13-5-2-6-14-19)30-17-9-12-18-10-3-1-4-11-18/h2,5-8,13-16,18,26H,1,3-4,9-12,17H2. The molecule has 1 fully saturated rings. The SMILES string of the molecule is O=c1c2[nH]c3ccccc3c2nc(SCCCC2CCCCC2)n1-c1ccccc1. The average molecular weight is 418 g/mol. The number of fused-ring (bicyclic) bond motifs is 3. The van der Waals surface area contributed by atoms with Crippen molar-refractivity contribution in [3.63, 3.8) is 0 Å². The molecule has 0 amide bonds. The zero-order chi connectivity index (χ0) is 20.3. The molecule has 2 heterocycles. The van der Waals surface area contributed by atoms with Crippen molar-refractivity contribution >= 4 is 33.7 Å².